The molecule has 0 spiro atoms. The van der Waals surface area contributed by atoms with Crippen LogP contribution in [0.3, 0.4) is 0 Å². The largest absolute Gasteiger partial charge is 0.353 e. The van der Waals surface area contributed by atoms with Gasteiger partial charge in [-0.3, -0.25) is 9.69 Å². The van der Waals surface area contributed by atoms with Gasteiger partial charge in [-0.15, -0.1) is 0 Å². The molecule has 2 saturated heterocycles. The molecule has 31 heavy (non-hydrogen) atoms. The molecule has 2 aliphatic rings. The lowest BCUT2D eigenvalue weighted by molar-refractivity contribution is -0.121. The van der Waals surface area contributed by atoms with E-state index in [0.717, 1.165) is 43.3 Å². The highest BCUT2D eigenvalue weighted by molar-refractivity contribution is 7.89. The fraction of sp³-hybridized carbons (Fsp3) is 0.609. The average Bonchev–Trinajstić information content (AvgIpc) is 3.17. The lowest BCUT2D eigenvalue weighted by Crippen LogP contribution is -2.42. The highest BCUT2D eigenvalue weighted by atomic mass is 32.2. The molecule has 3 heterocycles. The van der Waals surface area contributed by atoms with Gasteiger partial charge in [-0.25, -0.2) is 8.42 Å². The van der Waals surface area contributed by atoms with Crippen LogP contribution in [0.15, 0.2) is 35.4 Å². The zero-order valence-electron chi connectivity index (χ0n) is 18.4. The lowest BCUT2D eigenvalue weighted by Gasteiger charge is -2.33. The van der Waals surface area contributed by atoms with Gasteiger partial charge in [-0.2, -0.15) is 4.31 Å². The molecule has 7 nitrogen and oxygen atoms in total. The van der Waals surface area contributed by atoms with Crippen LogP contribution < -0.4 is 5.32 Å². The summed E-state index contributed by atoms with van der Waals surface area (Å²) >= 11 is 0. The molecule has 2 fully saturated rings. The van der Waals surface area contributed by atoms with Crippen LogP contribution >= 0.6 is 0 Å². The Labute approximate surface area is 185 Å². The number of benzene rings is 1. The quantitative estimate of drug-likeness (QED) is 0.710. The minimum atomic E-state index is -3.45. The van der Waals surface area contributed by atoms with Crippen molar-refractivity contribution in [2.24, 2.45) is 0 Å². The van der Waals surface area contributed by atoms with Crippen molar-refractivity contribution < 1.29 is 13.2 Å². The number of nitrogens with one attached hydrogen (secondary N) is 1. The maximum Gasteiger partial charge on any atom is 0.243 e. The first-order valence-corrected chi connectivity index (χ1v) is 13.0. The first-order valence-electron chi connectivity index (χ1n) is 11.5. The summed E-state index contributed by atoms with van der Waals surface area (Å²) in [6.07, 6.45) is 8.56. The van der Waals surface area contributed by atoms with E-state index < -0.39 is 10.0 Å². The molecular weight excluding hydrogens is 412 g/mol. The maximum absolute atomic E-state index is 12.9. The van der Waals surface area contributed by atoms with Gasteiger partial charge in [0.1, 0.15) is 6.54 Å². The number of nitrogens with zero attached hydrogens (tertiary/aromatic N) is 3. The van der Waals surface area contributed by atoms with E-state index in [-0.39, 0.29) is 12.5 Å². The van der Waals surface area contributed by atoms with Gasteiger partial charge >= 0.3 is 0 Å². The predicted molar refractivity (Wildman–Crippen MR) is 122 cm³/mol. The minimum Gasteiger partial charge on any atom is -0.353 e. The molecule has 0 saturated carbocycles. The number of hydrogen-bond donors (Lipinski definition) is 1. The molecule has 1 aromatic carbocycles. The number of piperidine rings is 2. The predicted octanol–water partition coefficient (Wildman–Crippen LogP) is 2.81. The van der Waals surface area contributed by atoms with Gasteiger partial charge in [0, 0.05) is 49.3 Å². The fourth-order valence-corrected chi connectivity index (χ4v) is 6.32. The second-order valence-corrected chi connectivity index (χ2v) is 10.8. The number of fused-ring (bicyclic) bond motifs is 1. The monoisotopic (exact) mass is 446 g/mol. The van der Waals surface area contributed by atoms with E-state index in [1.165, 1.54) is 19.3 Å². The van der Waals surface area contributed by atoms with Crippen molar-refractivity contribution in [2.45, 2.75) is 62.9 Å². The van der Waals surface area contributed by atoms with E-state index in [0.29, 0.717) is 30.6 Å². The van der Waals surface area contributed by atoms with Crippen LogP contribution in [0.5, 0.6) is 0 Å². The van der Waals surface area contributed by atoms with E-state index in [1.54, 1.807) is 16.4 Å². The van der Waals surface area contributed by atoms with Gasteiger partial charge in [0.25, 0.3) is 0 Å². The minimum absolute atomic E-state index is 0.0211. The van der Waals surface area contributed by atoms with Gasteiger partial charge in [0.2, 0.25) is 15.9 Å². The summed E-state index contributed by atoms with van der Waals surface area (Å²) in [6, 6.07) is 7.68. The van der Waals surface area contributed by atoms with Gasteiger partial charge in [-0.05, 0) is 63.4 Å². The zero-order valence-corrected chi connectivity index (χ0v) is 19.2. The molecule has 1 unspecified atom stereocenters. The lowest BCUT2D eigenvalue weighted by atomic mass is 10.0. The highest BCUT2D eigenvalue weighted by Crippen LogP contribution is 2.25. The molecule has 1 amide bonds. The van der Waals surface area contributed by atoms with Crippen molar-refractivity contribution >= 4 is 26.8 Å². The van der Waals surface area contributed by atoms with Gasteiger partial charge in [0.05, 0.1) is 4.90 Å². The Morgan fingerprint density at radius 3 is 2.61 bits per heavy atom. The molecule has 0 bridgehead atoms. The SMILES string of the molecule is CC1CCCCN1CCNC(=O)Cn1ccc2cc(S(=O)(=O)N3CCCCC3)ccc21. The number of aromatic nitrogens is 1. The molecule has 0 radical (unpaired) electrons. The topological polar surface area (TPSA) is 74.6 Å². The highest BCUT2D eigenvalue weighted by Gasteiger charge is 2.26. The van der Waals surface area contributed by atoms with Gasteiger partial charge < -0.3 is 9.88 Å². The average molecular weight is 447 g/mol. The van der Waals surface area contributed by atoms with Crippen molar-refractivity contribution in [3.63, 3.8) is 0 Å². The third-order valence-electron chi connectivity index (χ3n) is 6.67. The summed E-state index contributed by atoms with van der Waals surface area (Å²) in [6.45, 7) is 6.33. The summed E-state index contributed by atoms with van der Waals surface area (Å²) in [5, 5.41) is 3.87. The fourth-order valence-electron chi connectivity index (χ4n) is 4.77. The summed E-state index contributed by atoms with van der Waals surface area (Å²) in [4.78, 5) is 15.2. The van der Waals surface area contributed by atoms with Gasteiger partial charge in [0.15, 0.2) is 0 Å². The first kappa shape index (κ1) is 22.3. The number of rotatable bonds is 7. The number of likely N-dealkylation sites (tertiary alicyclic amines) is 1. The second-order valence-electron chi connectivity index (χ2n) is 8.86. The summed E-state index contributed by atoms with van der Waals surface area (Å²) in [5.41, 5.74) is 0.873. The van der Waals surface area contributed by atoms with Crippen molar-refractivity contribution in [1.29, 1.82) is 0 Å². The van der Waals surface area contributed by atoms with Crippen molar-refractivity contribution in [3.8, 4) is 0 Å². The zero-order chi connectivity index (χ0) is 21.8. The number of sulfonamides is 1. The van der Waals surface area contributed by atoms with E-state index >= 15 is 0 Å². The molecular formula is C23H34N4O3S. The maximum atomic E-state index is 12.9. The Balaban J connectivity index is 1.37. The van der Waals surface area contributed by atoms with E-state index in [9.17, 15) is 13.2 Å². The summed E-state index contributed by atoms with van der Waals surface area (Å²) in [5.74, 6) is -0.0211. The summed E-state index contributed by atoms with van der Waals surface area (Å²) in [7, 11) is -3.45. The van der Waals surface area contributed by atoms with Crippen molar-refractivity contribution in [1.82, 2.24) is 19.1 Å². The molecule has 1 atom stereocenters. The van der Waals surface area contributed by atoms with E-state index in [4.69, 9.17) is 0 Å². The third-order valence-corrected chi connectivity index (χ3v) is 8.57. The number of hydrogen-bond acceptors (Lipinski definition) is 4. The van der Waals surface area contributed by atoms with Crippen molar-refractivity contribution in [3.05, 3.63) is 30.5 Å². The van der Waals surface area contributed by atoms with Gasteiger partial charge in [-0.1, -0.05) is 12.8 Å². The number of carbonyl (C=O) groups is 1. The van der Waals surface area contributed by atoms with Crippen molar-refractivity contribution in [2.75, 3.05) is 32.7 Å². The first-order chi connectivity index (χ1) is 14.9. The molecule has 1 N–H and O–H groups in total. The standard InChI is InChI=1S/C23H34N4O3S/c1-19-7-3-6-12-25(19)16-11-24-23(28)18-26-15-10-20-17-21(8-9-22(20)26)31(29,30)27-13-4-2-5-14-27/h8-10,15,17,19H,2-7,11-14,16,18H2,1H3,(H,24,28). The molecule has 2 aromatic rings. The Kier molecular flexibility index (Phi) is 6.99. The number of carbonyl (C=O) groups excluding carboxylic acids is 1. The molecule has 8 heteroatoms. The van der Waals surface area contributed by atoms with Crippen LogP contribution in [0.1, 0.15) is 45.4 Å². The van der Waals surface area contributed by atoms with Crippen LogP contribution in [-0.2, 0) is 21.4 Å². The van der Waals surface area contributed by atoms with Crippen LogP contribution in [-0.4, -0.2) is 66.9 Å². The van der Waals surface area contributed by atoms with E-state index in [2.05, 4.69) is 17.1 Å². The Hall–Kier alpha value is -1.90. The normalized spacial score (nSPS) is 21.4. The molecule has 170 valence electrons. The van der Waals surface area contributed by atoms with E-state index in [1.807, 2.05) is 22.9 Å². The third kappa shape index (κ3) is 5.13. The van der Waals surface area contributed by atoms with Crippen LogP contribution in [0.2, 0.25) is 0 Å². The Morgan fingerprint density at radius 1 is 1.06 bits per heavy atom. The molecule has 4 rings (SSSR count). The molecule has 2 aliphatic heterocycles. The second kappa shape index (κ2) is 9.71. The smallest absolute Gasteiger partial charge is 0.243 e. The number of amides is 1. The molecule has 1 aromatic heterocycles. The Morgan fingerprint density at radius 2 is 1.84 bits per heavy atom. The van der Waals surface area contributed by atoms with Crippen LogP contribution in [0, 0.1) is 0 Å². The Bertz CT molecular complexity index is 1010. The summed E-state index contributed by atoms with van der Waals surface area (Å²) < 4.78 is 29.3. The molecule has 0 aliphatic carbocycles. The van der Waals surface area contributed by atoms with Crippen LogP contribution in [0.4, 0.5) is 0 Å². The van der Waals surface area contributed by atoms with Crippen LogP contribution in [0.25, 0.3) is 10.9 Å².